The molecule has 1 atom stereocenters. The number of primary amides is 1. The fraction of sp³-hybridized carbons (Fsp3) is 0.333. The number of ether oxygens (including phenoxy) is 1. The molecular formula is C18H21N5O4. The second-order valence-electron chi connectivity index (χ2n) is 6.42. The van der Waals surface area contributed by atoms with Crippen molar-refractivity contribution < 1.29 is 14.5 Å². The Bertz CT molecular complexity index is 840. The number of nitrogens with one attached hydrogen (secondary N) is 1. The van der Waals surface area contributed by atoms with Gasteiger partial charge in [-0.05, 0) is 38.0 Å². The molecule has 2 heterocycles. The van der Waals surface area contributed by atoms with Crippen molar-refractivity contribution in [3.8, 4) is 0 Å². The smallest absolute Gasteiger partial charge is 0.404 e. The number of nitro groups is 1. The highest BCUT2D eigenvalue weighted by molar-refractivity contribution is 5.77. The number of piperidine rings is 1. The van der Waals surface area contributed by atoms with Crippen molar-refractivity contribution in [3.63, 3.8) is 0 Å². The number of pyridine rings is 1. The Labute approximate surface area is 156 Å². The van der Waals surface area contributed by atoms with Crippen LogP contribution in [0.15, 0.2) is 36.5 Å². The standard InChI is InChI=1S/C18H21N5O4/c1-12-4-6-13(7-5-12)21-17-16(23(25)26)15(8-9-20-17)22-10-2-3-14(11-22)27-18(19)24/h4-9,14H,2-3,10-11H2,1H3,(H2,19,24)(H,20,21). The Morgan fingerprint density at radius 3 is 2.78 bits per heavy atom. The van der Waals surface area contributed by atoms with Crippen molar-refractivity contribution in [2.75, 3.05) is 23.3 Å². The molecule has 1 aliphatic rings. The fourth-order valence-corrected chi connectivity index (χ4v) is 3.16. The third-order valence-electron chi connectivity index (χ3n) is 4.40. The Balaban J connectivity index is 1.90. The van der Waals surface area contributed by atoms with Crippen LogP contribution in [0, 0.1) is 17.0 Å². The SMILES string of the molecule is Cc1ccc(Nc2nccc(N3CCCC(OC(N)=O)C3)c2[N+](=O)[O-])cc1. The molecule has 0 bridgehead atoms. The van der Waals surface area contributed by atoms with Gasteiger partial charge in [0.1, 0.15) is 11.8 Å². The van der Waals surface area contributed by atoms with Gasteiger partial charge in [0.2, 0.25) is 5.82 Å². The first kappa shape index (κ1) is 18.4. The van der Waals surface area contributed by atoms with Gasteiger partial charge >= 0.3 is 11.8 Å². The number of aryl methyl sites for hydroxylation is 1. The van der Waals surface area contributed by atoms with E-state index in [1.165, 1.54) is 6.20 Å². The minimum atomic E-state index is -0.840. The lowest BCUT2D eigenvalue weighted by atomic mass is 10.1. The quantitative estimate of drug-likeness (QED) is 0.611. The van der Waals surface area contributed by atoms with E-state index in [1.807, 2.05) is 36.1 Å². The molecule has 1 aromatic carbocycles. The summed E-state index contributed by atoms with van der Waals surface area (Å²) in [5.41, 5.74) is 7.22. The predicted molar refractivity (Wildman–Crippen MR) is 101 cm³/mol. The summed E-state index contributed by atoms with van der Waals surface area (Å²) < 4.78 is 5.08. The van der Waals surface area contributed by atoms with E-state index in [2.05, 4.69) is 10.3 Å². The maximum absolute atomic E-state index is 11.8. The summed E-state index contributed by atoms with van der Waals surface area (Å²) in [6.45, 7) is 2.93. The largest absolute Gasteiger partial charge is 0.445 e. The van der Waals surface area contributed by atoms with Gasteiger partial charge in [0.15, 0.2) is 0 Å². The van der Waals surface area contributed by atoms with Crippen LogP contribution in [-0.2, 0) is 4.74 Å². The summed E-state index contributed by atoms with van der Waals surface area (Å²) >= 11 is 0. The van der Waals surface area contributed by atoms with Crippen LogP contribution < -0.4 is 16.0 Å². The highest BCUT2D eigenvalue weighted by atomic mass is 16.6. The van der Waals surface area contributed by atoms with Crippen molar-refractivity contribution in [1.29, 1.82) is 0 Å². The van der Waals surface area contributed by atoms with Gasteiger partial charge in [0.25, 0.3) is 0 Å². The maximum atomic E-state index is 11.8. The monoisotopic (exact) mass is 371 g/mol. The van der Waals surface area contributed by atoms with Crippen LogP contribution in [0.25, 0.3) is 0 Å². The zero-order valence-electron chi connectivity index (χ0n) is 14.9. The number of carbonyl (C=O) groups excluding carboxylic acids is 1. The minimum Gasteiger partial charge on any atom is -0.445 e. The lowest BCUT2D eigenvalue weighted by molar-refractivity contribution is -0.383. The molecule has 3 N–H and O–H groups in total. The number of rotatable bonds is 5. The molecule has 0 spiro atoms. The van der Waals surface area contributed by atoms with Gasteiger partial charge in [0, 0.05) is 18.4 Å². The molecule has 0 radical (unpaired) electrons. The maximum Gasteiger partial charge on any atom is 0.404 e. The molecular weight excluding hydrogens is 350 g/mol. The molecule has 0 aliphatic carbocycles. The summed E-state index contributed by atoms with van der Waals surface area (Å²) in [4.78, 5) is 28.3. The Kier molecular flexibility index (Phi) is 5.39. The molecule has 1 amide bonds. The van der Waals surface area contributed by atoms with Crippen LogP contribution in [0.1, 0.15) is 18.4 Å². The lowest BCUT2D eigenvalue weighted by Gasteiger charge is -2.33. The number of benzene rings is 1. The third-order valence-corrected chi connectivity index (χ3v) is 4.40. The molecule has 142 valence electrons. The van der Waals surface area contributed by atoms with E-state index in [4.69, 9.17) is 10.5 Å². The summed E-state index contributed by atoms with van der Waals surface area (Å²) in [6, 6.07) is 9.10. The van der Waals surface area contributed by atoms with E-state index < -0.39 is 17.1 Å². The second-order valence-corrected chi connectivity index (χ2v) is 6.42. The molecule has 1 fully saturated rings. The van der Waals surface area contributed by atoms with Crippen molar-refractivity contribution in [3.05, 3.63) is 52.2 Å². The van der Waals surface area contributed by atoms with E-state index in [-0.39, 0.29) is 11.5 Å². The minimum absolute atomic E-state index is 0.113. The number of anilines is 3. The van der Waals surface area contributed by atoms with Crippen LogP contribution in [-0.4, -0.2) is 35.2 Å². The summed E-state index contributed by atoms with van der Waals surface area (Å²) in [5, 5.41) is 14.8. The number of aromatic nitrogens is 1. The van der Waals surface area contributed by atoms with E-state index >= 15 is 0 Å². The Morgan fingerprint density at radius 2 is 2.11 bits per heavy atom. The Hall–Kier alpha value is -3.36. The number of amides is 1. The van der Waals surface area contributed by atoms with Gasteiger partial charge in [-0.2, -0.15) is 0 Å². The predicted octanol–water partition coefficient (Wildman–Crippen LogP) is 3.11. The molecule has 1 unspecified atom stereocenters. The Morgan fingerprint density at radius 1 is 1.37 bits per heavy atom. The van der Waals surface area contributed by atoms with Crippen LogP contribution >= 0.6 is 0 Å². The first-order chi connectivity index (χ1) is 12.9. The van der Waals surface area contributed by atoms with Gasteiger partial charge in [-0.25, -0.2) is 9.78 Å². The molecule has 1 aliphatic heterocycles. The third kappa shape index (κ3) is 4.43. The van der Waals surface area contributed by atoms with Crippen LogP contribution in [0.3, 0.4) is 0 Å². The summed E-state index contributed by atoms with van der Waals surface area (Å²) in [5.74, 6) is 0.166. The van der Waals surface area contributed by atoms with Gasteiger partial charge in [-0.3, -0.25) is 10.1 Å². The number of carbonyl (C=O) groups is 1. The zero-order chi connectivity index (χ0) is 19.4. The summed E-state index contributed by atoms with van der Waals surface area (Å²) in [7, 11) is 0. The molecule has 3 rings (SSSR count). The van der Waals surface area contributed by atoms with Crippen molar-refractivity contribution >= 4 is 29.0 Å². The van der Waals surface area contributed by atoms with Gasteiger partial charge in [0.05, 0.1) is 11.5 Å². The van der Waals surface area contributed by atoms with Gasteiger partial charge < -0.3 is 20.7 Å². The molecule has 1 aromatic heterocycles. The van der Waals surface area contributed by atoms with Crippen molar-refractivity contribution in [1.82, 2.24) is 4.98 Å². The van der Waals surface area contributed by atoms with Crippen molar-refractivity contribution in [2.24, 2.45) is 5.73 Å². The van der Waals surface area contributed by atoms with Gasteiger partial charge in [-0.15, -0.1) is 0 Å². The van der Waals surface area contributed by atoms with E-state index in [9.17, 15) is 14.9 Å². The first-order valence-electron chi connectivity index (χ1n) is 8.62. The van der Waals surface area contributed by atoms with Crippen LogP contribution in [0.5, 0.6) is 0 Å². The van der Waals surface area contributed by atoms with E-state index in [0.29, 0.717) is 30.9 Å². The number of nitrogens with two attached hydrogens (primary N) is 1. The lowest BCUT2D eigenvalue weighted by Crippen LogP contribution is -2.41. The highest BCUT2D eigenvalue weighted by Crippen LogP contribution is 2.36. The topological polar surface area (TPSA) is 124 Å². The van der Waals surface area contributed by atoms with E-state index in [1.54, 1.807) is 6.07 Å². The van der Waals surface area contributed by atoms with Crippen molar-refractivity contribution in [2.45, 2.75) is 25.9 Å². The molecule has 9 heteroatoms. The average Bonchev–Trinajstić information content (AvgIpc) is 2.63. The highest BCUT2D eigenvalue weighted by Gasteiger charge is 2.30. The molecule has 2 aromatic rings. The summed E-state index contributed by atoms with van der Waals surface area (Å²) in [6.07, 6.45) is 1.70. The number of hydrogen-bond acceptors (Lipinski definition) is 7. The average molecular weight is 371 g/mol. The molecule has 1 saturated heterocycles. The molecule has 9 nitrogen and oxygen atoms in total. The number of nitrogens with zero attached hydrogens (tertiary/aromatic N) is 3. The normalized spacial score (nSPS) is 16.6. The second kappa shape index (κ2) is 7.90. The van der Waals surface area contributed by atoms with Crippen LogP contribution in [0.4, 0.5) is 27.7 Å². The first-order valence-corrected chi connectivity index (χ1v) is 8.62. The molecule has 27 heavy (non-hydrogen) atoms. The number of hydrogen-bond donors (Lipinski definition) is 2. The van der Waals surface area contributed by atoms with Gasteiger partial charge in [-0.1, -0.05) is 17.7 Å². The van der Waals surface area contributed by atoms with Crippen LogP contribution in [0.2, 0.25) is 0 Å². The fourth-order valence-electron chi connectivity index (χ4n) is 3.16. The van der Waals surface area contributed by atoms with E-state index in [0.717, 1.165) is 12.0 Å². The zero-order valence-corrected chi connectivity index (χ0v) is 14.9. The molecule has 0 saturated carbocycles.